The Morgan fingerprint density at radius 2 is 1.88 bits per heavy atom. The van der Waals surface area contributed by atoms with E-state index in [1.807, 2.05) is 30.3 Å². The summed E-state index contributed by atoms with van der Waals surface area (Å²) in [4.78, 5) is 0. The van der Waals surface area contributed by atoms with Crippen LogP contribution in [0.3, 0.4) is 0 Å². The predicted molar refractivity (Wildman–Crippen MR) is 100 cm³/mol. The number of benzene rings is 2. The van der Waals surface area contributed by atoms with Crippen LogP contribution < -0.4 is 5.73 Å². The Kier molecular flexibility index (Phi) is 5.88. The van der Waals surface area contributed by atoms with Crippen LogP contribution >= 0.6 is 0 Å². The SMILES string of the molecule is NC1(CO)CCC(c2ccc(C#CCOCc3ccccc3)cc2)C1. The molecule has 2 aromatic rings. The van der Waals surface area contributed by atoms with Gasteiger partial charge in [0, 0.05) is 11.1 Å². The summed E-state index contributed by atoms with van der Waals surface area (Å²) in [6.45, 7) is 1.07. The van der Waals surface area contributed by atoms with Crippen molar-refractivity contribution in [3.63, 3.8) is 0 Å². The maximum absolute atomic E-state index is 9.39. The lowest BCUT2D eigenvalue weighted by Crippen LogP contribution is -2.40. The highest BCUT2D eigenvalue weighted by Crippen LogP contribution is 2.39. The number of ether oxygens (including phenoxy) is 1. The fourth-order valence-corrected chi connectivity index (χ4v) is 3.36. The van der Waals surface area contributed by atoms with Crippen LogP contribution in [0.25, 0.3) is 0 Å². The van der Waals surface area contributed by atoms with Crippen molar-refractivity contribution >= 4 is 0 Å². The molecule has 0 aliphatic heterocycles. The average Bonchev–Trinajstić information content (AvgIpc) is 3.06. The largest absolute Gasteiger partial charge is 0.394 e. The van der Waals surface area contributed by atoms with Crippen molar-refractivity contribution in [2.24, 2.45) is 5.73 Å². The van der Waals surface area contributed by atoms with E-state index in [9.17, 15) is 5.11 Å². The standard InChI is InChI=1S/C22H25NO2/c23-22(17-24)13-12-21(15-22)20-10-8-18(9-11-20)7-4-14-25-16-19-5-2-1-3-6-19/h1-3,5-6,8-11,21,24H,12-17,23H2. The number of rotatable bonds is 5. The third-order valence-electron chi connectivity index (χ3n) is 4.86. The van der Waals surface area contributed by atoms with Gasteiger partial charge in [-0.25, -0.2) is 0 Å². The highest BCUT2D eigenvalue weighted by Gasteiger charge is 2.35. The van der Waals surface area contributed by atoms with E-state index >= 15 is 0 Å². The Morgan fingerprint density at radius 1 is 1.12 bits per heavy atom. The summed E-state index contributed by atoms with van der Waals surface area (Å²) in [5.41, 5.74) is 9.19. The molecule has 2 unspecified atom stereocenters. The van der Waals surface area contributed by atoms with E-state index in [1.54, 1.807) is 0 Å². The van der Waals surface area contributed by atoms with E-state index in [4.69, 9.17) is 10.5 Å². The van der Waals surface area contributed by atoms with Gasteiger partial charge in [0.1, 0.15) is 6.61 Å². The van der Waals surface area contributed by atoms with Crippen LogP contribution in [0.5, 0.6) is 0 Å². The van der Waals surface area contributed by atoms with E-state index in [1.165, 1.54) is 5.56 Å². The minimum absolute atomic E-state index is 0.0655. The van der Waals surface area contributed by atoms with Crippen LogP contribution in [0.2, 0.25) is 0 Å². The first kappa shape index (κ1) is 17.7. The molecule has 130 valence electrons. The van der Waals surface area contributed by atoms with Gasteiger partial charge in [-0.1, -0.05) is 54.3 Å². The molecule has 3 nitrogen and oxygen atoms in total. The molecule has 0 heterocycles. The number of hydrogen-bond acceptors (Lipinski definition) is 3. The lowest BCUT2D eigenvalue weighted by Gasteiger charge is -2.20. The highest BCUT2D eigenvalue weighted by molar-refractivity contribution is 5.37. The molecule has 1 aliphatic rings. The predicted octanol–water partition coefficient (Wildman–Crippen LogP) is 3.21. The van der Waals surface area contributed by atoms with Gasteiger partial charge in [0.25, 0.3) is 0 Å². The molecule has 1 fully saturated rings. The Balaban J connectivity index is 1.48. The molecule has 1 aliphatic carbocycles. The molecule has 2 atom stereocenters. The lowest BCUT2D eigenvalue weighted by atomic mass is 9.93. The average molecular weight is 335 g/mol. The molecule has 0 bridgehead atoms. The Bertz CT molecular complexity index is 730. The van der Waals surface area contributed by atoms with Gasteiger partial charge >= 0.3 is 0 Å². The smallest absolute Gasteiger partial charge is 0.108 e. The van der Waals surface area contributed by atoms with Gasteiger partial charge in [0.2, 0.25) is 0 Å². The molecule has 3 N–H and O–H groups in total. The van der Waals surface area contributed by atoms with Gasteiger partial charge in [-0.05, 0) is 48.4 Å². The Hall–Kier alpha value is -2.12. The minimum Gasteiger partial charge on any atom is -0.394 e. The van der Waals surface area contributed by atoms with Crippen molar-refractivity contribution in [3.05, 3.63) is 71.3 Å². The van der Waals surface area contributed by atoms with Crippen LogP contribution in [-0.4, -0.2) is 23.9 Å². The summed E-state index contributed by atoms with van der Waals surface area (Å²) in [5.74, 6) is 6.63. The number of aliphatic hydroxyl groups is 1. The number of nitrogens with two attached hydrogens (primary N) is 1. The zero-order valence-corrected chi connectivity index (χ0v) is 14.4. The van der Waals surface area contributed by atoms with E-state index in [-0.39, 0.29) is 6.61 Å². The van der Waals surface area contributed by atoms with Crippen LogP contribution in [0.4, 0.5) is 0 Å². The van der Waals surface area contributed by atoms with Crippen molar-refractivity contribution in [2.45, 2.75) is 37.3 Å². The summed E-state index contributed by atoms with van der Waals surface area (Å²) in [6.07, 6.45) is 2.77. The van der Waals surface area contributed by atoms with Crippen molar-refractivity contribution in [3.8, 4) is 11.8 Å². The van der Waals surface area contributed by atoms with Crippen molar-refractivity contribution in [2.75, 3.05) is 13.2 Å². The van der Waals surface area contributed by atoms with E-state index in [0.717, 1.165) is 30.4 Å². The quantitative estimate of drug-likeness (QED) is 0.652. The number of aliphatic hydroxyl groups excluding tert-OH is 1. The first-order valence-electron chi connectivity index (χ1n) is 8.79. The summed E-state index contributed by atoms with van der Waals surface area (Å²) in [6, 6.07) is 18.5. The maximum atomic E-state index is 9.39. The molecule has 0 saturated heterocycles. The third kappa shape index (κ3) is 4.93. The first-order valence-corrected chi connectivity index (χ1v) is 8.79. The van der Waals surface area contributed by atoms with Gasteiger partial charge < -0.3 is 15.6 Å². The van der Waals surface area contributed by atoms with Crippen molar-refractivity contribution < 1.29 is 9.84 Å². The fourth-order valence-electron chi connectivity index (χ4n) is 3.36. The summed E-state index contributed by atoms with van der Waals surface area (Å²) in [7, 11) is 0. The second-order valence-corrected chi connectivity index (χ2v) is 6.86. The zero-order valence-electron chi connectivity index (χ0n) is 14.4. The van der Waals surface area contributed by atoms with E-state index in [0.29, 0.717) is 19.1 Å². The molecule has 0 radical (unpaired) electrons. The molecule has 0 amide bonds. The zero-order chi connectivity index (χ0) is 17.5. The molecule has 0 aromatic heterocycles. The molecule has 1 saturated carbocycles. The summed E-state index contributed by atoms with van der Waals surface area (Å²) >= 11 is 0. The van der Waals surface area contributed by atoms with Crippen LogP contribution in [0.1, 0.15) is 41.9 Å². The third-order valence-corrected chi connectivity index (χ3v) is 4.86. The van der Waals surface area contributed by atoms with Crippen LogP contribution in [-0.2, 0) is 11.3 Å². The topological polar surface area (TPSA) is 55.5 Å². The summed E-state index contributed by atoms with van der Waals surface area (Å²) < 4.78 is 5.57. The Morgan fingerprint density at radius 3 is 2.56 bits per heavy atom. The van der Waals surface area contributed by atoms with E-state index < -0.39 is 5.54 Å². The van der Waals surface area contributed by atoms with Gasteiger partial charge in [0.15, 0.2) is 0 Å². The molecule has 0 spiro atoms. The van der Waals surface area contributed by atoms with Crippen molar-refractivity contribution in [1.82, 2.24) is 0 Å². The maximum Gasteiger partial charge on any atom is 0.108 e. The molecular weight excluding hydrogens is 310 g/mol. The van der Waals surface area contributed by atoms with Gasteiger partial charge in [-0.3, -0.25) is 0 Å². The van der Waals surface area contributed by atoms with E-state index in [2.05, 4.69) is 36.1 Å². The molecular formula is C22H25NO2. The molecule has 2 aromatic carbocycles. The fraction of sp³-hybridized carbons (Fsp3) is 0.364. The molecule has 3 rings (SSSR count). The van der Waals surface area contributed by atoms with Crippen LogP contribution in [0.15, 0.2) is 54.6 Å². The monoisotopic (exact) mass is 335 g/mol. The van der Waals surface area contributed by atoms with Gasteiger partial charge in [-0.2, -0.15) is 0 Å². The second kappa shape index (κ2) is 8.31. The minimum atomic E-state index is -0.404. The van der Waals surface area contributed by atoms with Gasteiger partial charge in [-0.15, -0.1) is 0 Å². The normalized spacial score (nSPS) is 22.4. The molecule has 25 heavy (non-hydrogen) atoms. The summed E-state index contributed by atoms with van der Waals surface area (Å²) in [5, 5.41) is 9.39. The van der Waals surface area contributed by atoms with Crippen LogP contribution in [0, 0.1) is 11.8 Å². The second-order valence-electron chi connectivity index (χ2n) is 6.86. The molecule has 3 heteroatoms. The van der Waals surface area contributed by atoms with Crippen molar-refractivity contribution in [1.29, 1.82) is 0 Å². The van der Waals surface area contributed by atoms with Gasteiger partial charge in [0.05, 0.1) is 13.2 Å². The highest BCUT2D eigenvalue weighted by atomic mass is 16.5. The first-order chi connectivity index (χ1) is 12.2. The number of hydrogen-bond donors (Lipinski definition) is 2. The Labute approximate surface area is 149 Å². The lowest BCUT2D eigenvalue weighted by molar-refractivity contribution is 0.153.